The molecule has 0 spiro atoms. The first-order chi connectivity index (χ1) is 16.7. The quantitative estimate of drug-likeness (QED) is 0.489. The van der Waals surface area contributed by atoms with Crippen molar-refractivity contribution in [1.29, 1.82) is 0 Å². The maximum Gasteiger partial charge on any atom is 0.412 e. The Morgan fingerprint density at radius 1 is 1.00 bits per heavy atom. The number of carbonyl (C=O) groups is 2. The summed E-state index contributed by atoms with van der Waals surface area (Å²) in [5.74, 6) is 1.75. The molecule has 180 valence electrons. The molecule has 2 amide bonds. The monoisotopic (exact) mass is 473 g/mol. The van der Waals surface area contributed by atoms with Gasteiger partial charge in [0, 0.05) is 23.5 Å². The summed E-state index contributed by atoms with van der Waals surface area (Å²) in [7, 11) is 1.27. The highest BCUT2D eigenvalue weighted by Crippen LogP contribution is 2.33. The van der Waals surface area contributed by atoms with E-state index in [0.717, 1.165) is 16.8 Å². The summed E-state index contributed by atoms with van der Waals surface area (Å²) in [6, 6.07) is 16.4. The summed E-state index contributed by atoms with van der Waals surface area (Å²) in [6.07, 6.45) is 2.69. The number of nitrogens with zero attached hydrogens (tertiary/aromatic N) is 1. The molecule has 4 rings (SSSR count). The molecule has 0 atom stereocenters. The molecular weight excluding hydrogens is 446 g/mol. The van der Waals surface area contributed by atoms with Gasteiger partial charge in [-0.1, -0.05) is 32.9 Å². The third-order valence-electron chi connectivity index (χ3n) is 5.35. The van der Waals surface area contributed by atoms with Gasteiger partial charge >= 0.3 is 6.09 Å². The van der Waals surface area contributed by atoms with E-state index in [2.05, 4.69) is 41.1 Å². The van der Waals surface area contributed by atoms with Gasteiger partial charge in [-0.15, -0.1) is 0 Å². The maximum atomic E-state index is 12.9. The lowest BCUT2D eigenvalue weighted by atomic mass is 9.87. The minimum absolute atomic E-state index is 0.0196. The van der Waals surface area contributed by atoms with E-state index in [4.69, 9.17) is 9.47 Å². The summed E-state index contributed by atoms with van der Waals surface area (Å²) in [5, 5.41) is 5.46. The van der Waals surface area contributed by atoms with Crippen LogP contribution < -0.4 is 20.1 Å². The Balaban J connectivity index is 1.49. The molecule has 0 bridgehead atoms. The van der Waals surface area contributed by atoms with Crippen molar-refractivity contribution in [1.82, 2.24) is 4.98 Å². The number of rotatable bonds is 5. The molecule has 2 heterocycles. The lowest BCUT2D eigenvalue weighted by Crippen LogP contribution is -2.21. The number of benzene rings is 2. The van der Waals surface area contributed by atoms with E-state index in [-0.39, 0.29) is 17.9 Å². The van der Waals surface area contributed by atoms with Gasteiger partial charge in [-0.25, -0.2) is 9.78 Å². The Morgan fingerprint density at radius 2 is 1.80 bits per heavy atom. The Bertz CT molecular complexity index is 1290. The Labute approximate surface area is 203 Å². The smallest absolute Gasteiger partial charge is 0.412 e. The van der Waals surface area contributed by atoms with Crippen molar-refractivity contribution in [2.24, 2.45) is 0 Å². The normalized spacial score (nSPS) is 12.5. The first-order valence-corrected chi connectivity index (χ1v) is 11.1. The summed E-state index contributed by atoms with van der Waals surface area (Å²) >= 11 is 0. The van der Waals surface area contributed by atoms with Gasteiger partial charge in [0.1, 0.15) is 29.7 Å². The number of pyridine rings is 1. The predicted octanol–water partition coefficient (Wildman–Crippen LogP) is 5.76. The van der Waals surface area contributed by atoms with Crippen LogP contribution in [-0.4, -0.2) is 30.7 Å². The zero-order chi connectivity index (χ0) is 25.0. The van der Waals surface area contributed by atoms with Gasteiger partial charge in [0.15, 0.2) is 0 Å². The number of fused-ring (bicyclic) bond motifs is 1. The van der Waals surface area contributed by atoms with Crippen LogP contribution in [0.5, 0.6) is 17.2 Å². The zero-order valence-corrected chi connectivity index (χ0v) is 20.0. The van der Waals surface area contributed by atoms with E-state index < -0.39 is 6.09 Å². The predicted molar refractivity (Wildman–Crippen MR) is 134 cm³/mol. The number of nitrogens with one attached hydrogen (secondary N) is 2. The minimum Gasteiger partial charge on any atom is -0.488 e. The second kappa shape index (κ2) is 9.89. The van der Waals surface area contributed by atoms with Crippen LogP contribution >= 0.6 is 0 Å². The molecule has 0 fully saturated rings. The van der Waals surface area contributed by atoms with Crippen molar-refractivity contribution in [3.05, 3.63) is 77.5 Å². The van der Waals surface area contributed by atoms with Crippen LogP contribution in [0.2, 0.25) is 0 Å². The average molecular weight is 474 g/mol. The van der Waals surface area contributed by atoms with Crippen LogP contribution in [0.25, 0.3) is 6.08 Å². The molecule has 1 aliphatic rings. The molecule has 3 aromatic rings. The van der Waals surface area contributed by atoms with Crippen LogP contribution in [-0.2, 0) is 14.9 Å². The number of anilines is 2. The maximum absolute atomic E-state index is 12.9. The van der Waals surface area contributed by atoms with E-state index in [0.29, 0.717) is 28.6 Å². The SMILES string of the molecule is COC(=O)Nc1cc(Oc2ccc3c(c2)C=C(C(=O)Nc2cccc(C(C)(C)C)c2)CO3)ccn1. The second-order valence-electron chi connectivity index (χ2n) is 9.04. The molecule has 8 heteroatoms. The number of amides is 2. The molecule has 0 saturated heterocycles. The molecule has 0 aliphatic carbocycles. The van der Waals surface area contributed by atoms with E-state index >= 15 is 0 Å². The van der Waals surface area contributed by atoms with Gasteiger partial charge < -0.3 is 19.5 Å². The topological polar surface area (TPSA) is 98.8 Å². The van der Waals surface area contributed by atoms with Crippen molar-refractivity contribution in [2.75, 3.05) is 24.4 Å². The molecule has 35 heavy (non-hydrogen) atoms. The molecule has 1 aliphatic heterocycles. The molecular formula is C27H27N3O5. The Kier molecular flexibility index (Phi) is 6.73. The minimum atomic E-state index is -0.623. The van der Waals surface area contributed by atoms with Crippen molar-refractivity contribution in [3.63, 3.8) is 0 Å². The number of ether oxygens (including phenoxy) is 3. The van der Waals surface area contributed by atoms with Crippen LogP contribution in [0.15, 0.2) is 66.4 Å². The summed E-state index contributed by atoms with van der Waals surface area (Å²) < 4.78 is 16.3. The van der Waals surface area contributed by atoms with Crippen molar-refractivity contribution in [3.8, 4) is 17.2 Å². The molecule has 0 saturated carbocycles. The van der Waals surface area contributed by atoms with Crippen LogP contribution in [0, 0.1) is 0 Å². The van der Waals surface area contributed by atoms with Gasteiger partial charge in [0.2, 0.25) is 0 Å². The first-order valence-electron chi connectivity index (χ1n) is 11.1. The fourth-order valence-corrected chi connectivity index (χ4v) is 3.46. The number of aromatic nitrogens is 1. The number of hydrogen-bond acceptors (Lipinski definition) is 6. The van der Waals surface area contributed by atoms with E-state index in [1.165, 1.54) is 13.3 Å². The Hall–Kier alpha value is -4.33. The molecule has 1 aromatic heterocycles. The standard InChI is InChI=1S/C27H27N3O5/c1-27(2,3)19-6-5-7-20(14-19)29-25(31)18-12-17-13-21(8-9-23(17)34-16-18)35-22-10-11-28-24(15-22)30-26(32)33-4/h5-15H,16H2,1-4H3,(H,29,31)(H,28,30,32). The van der Waals surface area contributed by atoms with Crippen molar-refractivity contribution in [2.45, 2.75) is 26.2 Å². The van der Waals surface area contributed by atoms with E-state index in [1.54, 1.807) is 36.4 Å². The lowest BCUT2D eigenvalue weighted by molar-refractivity contribution is -0.113. The van der Waals surface area contributed by atoms with Crippen molar-refractivity contribution < 1.29 is 23.8 Å². The summed E-state index contributed by atoms with van der Waals surface area (Å²) in [4.78, 5) is 28.4. The fourth-order valence-electron chi connectivity index (χ4n) is 3.46. The van der Waals surface area contributed by atoms with Gasteiger partial charge in [0.05, 0.1) is 12.7 Å². The highest BCUT2D eigenvalue weighted by Gasteiger charge is 2.19. The first kappa shape index (κ1) is 23.8. The lowest BCUT2D eigenvalue weighted by Gasteiger charge is -2.21. The third-order valence-corrected chi connectivity index (χ3v) is 5.35. The molecule has 0 radical (unpaired) electrons. The summed E-state index contributed by atoms with van der Waals surface area (Å²) in [6.45, 7) is 6.56. The van der Waals surface area contributed by atoms with E-state index in [9.17, 15) is 9.59 Å². The number of hydrogen-bond donors (Lipinski definition) is 2. The fraction of sp³-hybridized carbons (Fsp3) is 0.222. The van der Waals surface area contributed by atoms with Gasteiger partial charge in [-0.2, -0.15) is 0 Å². The van der Waals surface area contributed by atoms with Crippen LogP contribution in [0.1, 0.15) is 31.9 Å². The molecule has 2 aromatic carbocycles. The molecule has 0 unspecified atom stereocenters. The van der Waals surface area contributed by atoms with E-state index in [1.807, 2.05) is 24.3 Å². The van der Waals surface area contributed by atoms with Gasteiger partial charge in [-0.3, -0.25) is 10.1 Å². The number of methoxy groups -OCH3 is 1. The Morgan fingerprint density at radius 3 is 2.57 bits per heavy atom. The largest absolute Gasteiger partial charge is 0.488 e. The zero-order valence-electron chi connectivity index (χ0n) is 20.0. The van der Waals surface area contributed by atoms with Gasteiger partial charge in [-0.05, 0) is 53.5 Å². The van der Waals surface area contributed by atoms with Gasteiger partial charge in [0.25, 0.3) is 5.91 Å². The second-order valence-corrected chi connectivity index (χ2v) is 9.04. The number of carbonyl (C=O) groups excluding carboxylic acids is 2. The van der Waals surface area contributed by atoms with Crippen molar-refractivity contribution >= 4 is 29.6 Å². The highest BCUT2D eigenvalue weighted by atomic mass is 16.5. The molecule has 2 N–H and O–H groups in total. The van der Waals surface area contributed by atoms with Crippen LogP contribution in [0.4, 0.5) is 16.3 Å². The average Bonchev–Trinajstić information content (AvgIpc) is 2.83. The molecule has 8 nitrogen and oxygen atoms in total. The van der Waals surface area contributed by atoms with Crippen LogP contribution in [0.3, 0.4) is 0 Å². The third kappa shape index (κ3) is 5.97. The summed E-state index contributed by atoms with van der Waals surface area (Å²) in [5.41, 5.74) is 3.08. The highest BCUT2D eigenvalue weighted by molar-refractivity contribution is 6.07.